The zero-order valence-corrected chi connectivity index (χ0v) is 15.8. The fraction of sp³-hybridized carbons (Fsp3) is 0.190. The van der Waals surface area contributed by atoms with E-state index in [9.17, 15) is 4.79 Å². The summed E-state index contributed by atoms with van der Waals surface area (Å²) in [5.74, 6) is 0.492. The monoisotopic (exact) mass is 380 g/mol. The van der Waals surface area contributed by atoms with E-state index in [0.29, 0.717) is 22.1 Å². The highest BCUT2D eigenvalue weighted by molar-refractivity contribution is 6.33. The van der Waals surface area contributed by atoms with Gasteiger partial charge in [0.05, 0.1) is 10.7 Å². The van der Waals surface area contributed by atoms with Gasteiger partial charge < -0.3 is 10.6 Å². The number of halogens is 1. The molecule has 1 amide bonds. The minimum Gasteiger partial charge on any atom is -0.370 e. The van der Waals surface area contributed by atoms with E-state index in [4.69, 9.17) is 11.6 Å². The predicted molar refractivity (Wildman–Crippen MR) is 110 cm³/mol. The summed E-state index contributed by atoms with van der Waals surface area (Å²) in [6.07, 6.45) is 5.49. The first kappa shape index (κ1) is 18.9. The fourth-order valence-corrected chi connectivity index (χ4v) is 2.80. The second-order valence-electron chi connectivity index (χ2n) is 6.07. The van der Waals surface area contributed by atoms with Gasteiger partial charge >= 0.3 is 0 Å². The number of aromatic nitrogens is 2. The zero-order chi connectivity index (χ0) is 19.1. The molecular formula is C21H21ClN4O. The van der Waals surface area contributed by atoms with Crippen molar-refractivity contribution in [3.8, 4) is 11.3 Å². The van der Waals surface area contributed by atoms with Crippen LogP contribution < -0.4 is 10.6 Å². The van der Waals surface area contributed by atoms with Crippen LogP contribution in [0.4, 0.5) is 11.5 Å². The lowest BCUT2D eigenvalue weighted by Gasteiger charge is -2.10. The first-order valence-corrected chi connectivity index (χ1v) is 9.27. The maximum absolute atomic E-state index is 12.6. The second-order valence-corrected chi connectivity index (χ2v) is 6.48. The number of pyridine rings is 2. The van der Waals surface area contributed by atoms with E-state index in [1.807, 2.05) is 24.3 Å². The number of carbonyl (C=O) groups excluding carboxylic acids is 1. The van der Waals surface area contributed by atoms with Crippen LogP contribution in [0.5, 0.6) is 0 Å². The maximum Gasteiger partial charge on any atom is 0.255 e. The van der Waals surface area contributed by atoms with Crippen LogP contribution in [0, 0.1) is 0 Å². The molecule has 0 saturated carbocycles. The average molecular weight is 381 g/mol. The second kappa shape index (κ2) is 9.14. The van der Waals surface area contributed by atoms with E-state index in [1.165, 1.54) is 0 Å². The highest BCUT2D eigenvalue weighted by atomic mass is 35.5. The molecule has 1 aromatic carbocycles. The number of nitrogens with zero attached hydrogens (tertiary/aromatic N) is 2. The number of carbonyl (C=O) groups is 1. The number of hydrogen-bond acceptors (Lipinski definition) is 4. The number of unbranched alkanes of at least 4 members (excludes halogenated alkanes) is 1. The van der Waals surface area contributed by atoms with Crippen LogP contribution in [0.3, 0.4) is 0 Å². The molecule has 2 heterocycles. The van der Waals surface area contributed by atoms with Gasteiger partial charge in [-0.1, -0.05) is 31.0 Å². The first-order chi connectivity index (χ1) is 13.2. The summed E-state index contributed by atoms with van der Waals surface area (Å²) in [5.41, 5.74) is 2.72. The van der Waals surface area contributed by atoms with Crippen molar-refractivity contribution in [2.45, 2.75) is 19.8 Å². The predicted octanol–water partition coefficient (Wildman–Crippen LogP) is 5.26. The van der Waals surface area contributed by atoms with Gasteiger partial charge in [-0.15, -0.1) is 0 Å². The fourth-order valence-electron chi connectivity index (χ4n) is 2.59. The van der Waals surface area contributed by atoms with Crippen LogP contribution in [0.1, 0.15) is 30.1 Å². The van der Waals surface area contributed by atoms with E-state index in [-0.39, 0.29) is 5.91 Å². The molecule has 0 bridgehead atoms. The van der Waals surface area contributed by atoms with Gasteiger partial charge in [0.1, 0.15) is 5.82 Å². The molecule has 5 nitrogen and oxygen atoms in total. The number of benzene rings is 1. The van der Waals surface area contributed by atoms with Crippen LogP contribution in [0.15, 0.2) is 60.9 Å². The first-order valence-electron chi connectivity index (χ1n) is 8.89. The van der Waals surface area contributed by atoms with Gasteiger partial charge in [0.25, 0.3) is 5.91 Å². The Hall–Kier alpha value is -2.92. The summed E-state index contributed by atoms with van der Waals surface area (Å²) < 4.78 is 0. The highest BCUT2D eigenvalue weighted by Gasteiger charge is 2.10. The Morgan fingerprint density at radius 2 is 1.96 bits per heavy atom. The third-order valence-electron chi connectivity index (χ3n) is 4.02. The highest BCUT2D eigenvalue weighted by Crippen LogP contribution is 2.29. The molecule has 0 aliphatic heterocycles. The van der Waals surface area contributed by atoms with E-state index in [2.05, 4.69) is 27.5 Å². The van der Waals surface area contributed by atoms with Crippen molar-refractivity contribution in [2.75, 3.05) is 17.2 Å². The Labute approximate surface area is 163 Å². The third-order valence-corrected chi connectivity index (χ3v) is 4.35. The lowest BCUT2D eigenvalue weighted by atomic mass is 10.1. The zero-order valence-electron chi connectivity index (χ0n) is 15.1. The molecule has 2 N–H and O–H groups in total. The minimum atomic E-state index is -0.203. The minimum absolute atomic E-state index is 0.203. The molecule has 0 radical (unpaired) electrons. The lowest BCUT2D eigenvalue weighted by molar-refractivity contribution is 0.102. The molecule has 27 heavy (non-hydrogen) atoms. The summed E-state index contributed by atoms with van der Waals surface area (Å²) in [6.45, 7) is 2.96. The smallest absolute Gasteiger partial charge is 0.255 e. The number of hydrogen-bond donors (Lipinski definition) is 2. The largest absolute Gasteiger partial charge is 0.370 e. The average Bonchev–Trinajstić information content (AvgIpc) is 2.70. The number of anilines is 2. The molecule has 0 fully saturated rings. The van der Waals surface area contributed by atoms with Crippen molar-refractivity contribution in [3.05, 3.63) is 71.5 Å². The summed E-state index contributed by atoms with van der Waals surface area (Å²) in [5, 5.41) is 6.72. The molecule has 6 heteroatoms. The Bertz CT molecular complexity index is 915. The molecule has 0 aliphatic carbocycles. The van der Waals surface area contributed by atoms with Crippen LogP contribution in [-0.2, 0) is 0 Å². The van der Waals surface area contributed by atoms with E-state index in [1.54, 1.807) is 36.7 Å². The molecule has 0 unspecified atom stereocenters. The topological polar surface area (TPSA) is 66.9 Å². The molecule has 0 spiro atoms. The lowest BCUT2D eigenvalue weighted by Crippen LogP contribution is -2.13. The van der Waals surface area contributed by atoms with E-state index >= 15 is 0 Å². The number of amides is 1. The van der Waals surface area contributed by atoms with Crippen molar-refractivity contribution in [3.63, 3.8) is 0 Å². The standard InChI is InChI=1S/C21H21ClN4O/c1-2-3-10-24-20-13-15(9-12-25-20)21(27)26-16-7-8-18(22)17(14-16)19-6-4-5-11-23-19/h4-9,11-14H,2-3,10H2,1H3,(H,24,25)(H,26,27). The van der Waals surface area contributed by atoms with Crippen molar-refractivity contribution in [2.24, 2.45) is 0 Å². The van der Waals surface area contributed by atoms with Crippen molar-refractivity contribution < 1.29 is 4.79 Å². The Balaban J connectivity index is 1.76. The summed E-state index contributed by atoms with van der Waals surface area (Å²) in [4.78, 5) is 21.2. The molecular weight excluding hydrogens is 360 g/mol. The van der Waals surface area contributed by atoms with Gasteiger partial charge in [0.2, 0.25) is 0 Å². The van der Waals surface area contributed by atoms with E-state index in [0.717, 1.165) is 30.6 Å². The van der Waals surface area contributed by atoms with Crippen molar-refractivity contribution in [1.82, 2.24) is 9.97 Å². The van der Waals surface area contributed by atoms with Gasteiger partial charge in [0.15, 0.2) is 0 Å². The van der Waals surface area contributed by atoms with Crippen molar-refractivity contribution in [1.29, 1.82) is 0 Å². The summed E-state index contributed by atoms with van der Waals surface area (Å²) in [7, 11) is 0. The molecule has 0 aliphatic rings. The van der Waals surface area contributed by atoms with Crippen LogP contribution >= 0.6 is 11.6 Å². The van der Waals surface area contributed by atoms with Crippen LogP contribution in [-0.4, -0.2) is 22.4 Å². The molecule has 138 valence electrons. The maximum atomic E-state index is 12.6. The molecule has 0 atom stereocenters. The molecule has 0 saturated heterocycles. The van der Waals surface area contributed by atoms with E-state index < -0.39 is 0 Å². The quantitative estimate of drug-likeness (QED) is 0.548. The normalized spacial score (nSPS) is 10.4. The summed E-state index contributed by atoms with van der Waals surface area (Å²) >= 11 is 6.30. The summed E-state index contributed by atoms with van der Waals surface area (Å²) in [6, 6.07) is 14.4. The Morgan fingerprint density at radius 3 is 2.74 bits per heavy atom. The van der Waals surface area contributed by atoms with Crippen LogP contribution in [0.25, 0.3) is 11.3 Å². The van der Waals surface area contributed by atoms with Gasteiger partial charge in [-0.05, 0) is 48.9 Å². The Morgan fingerprint density at radius 1 is 1.07 bits per heavy atom. The molecule has 2 aromatic heterocycles. The molecule has 3 aromatic rings. The van der Waals surface area contributed by atoms with Gasteiger partial charge in [-0.25, -0.2) is 4.98 Å². The SMILES string of the molecule is CCCCNc1cc(C(=O)Nc2ccc(Cl)c(-c3ccccn3)c2)ccn1. The third kappa shape index (κ3) is 5.05. The van der Waals surface area contributed by atoms with Crippen molar-refractivity contribution >= 4 is 29.0 Å². The van der Waals surface area contributed by atoms with Gasteiger partial charge in [-0.3, -0.25) is 9.78 Å². The molecule has 3 rings (SSSR count). The van der Waals surface area contributed by atoms with Gasteiger partial charge in [-0.2, -0.15) is 0 Å². The van der Waals surface area contributed by atoms with Crippen LogP contribution in [0.2, 0.25) is 5.02 Å². The Kier molecular flexibility index (Phi) is 6.39. The number of rotatable bonds is 7. The van der Waals surface area contributed by atoms with Gasteiger partial charge in [0, 0.05) is 35.8 Å². The number of nitrogens with one attached hydrogen (secondary N) is 2.